The SMILES string of the molecule is O=C(OCCCC(F)(F)C#CCO)c1ccccc1. The Morgan fingerprint density at radius 2 is 2.00 bits per heavy atom. The van der Waals surface area contributed by atoms with Gasteiger partial charge in [-0.1, -0.05) is 24.1 Å². The fourth-order valence-corrected chi connectivity index (χ4v) is 1.35. The van der Waals surface area contributed by atoms with Crippen molar-refractivity contribution in [3.63, 3.8) is 0 Å². The second kappa shape index (κ2) is 7.49. The summed E-state index contributed by atoms with van der Waals surface area (Å²) >= 11 is 0. The standard InChI is InChI=1S/C14H14F2O3/c15-14(16,8-4-10-17)9-5-11-19-13(18)12-6-2-1-3-7-12/h1-3,6-7,17H,5,9-11H2. The molecule has 1 aromatic rings. The van der Waals surface area contributed by atoms with E-state index in [9.17, 15) is 13.6 Å². The van der Waals surface area contributed by atoms with Crippen LogP contribution >= 0.6 is 0 Å². The Bertz CT molecular complexity index is 461. The molecule has 0 saturated heterocycles. The minimum Gasteiger partial charge on any atom is -0.462 e. The number of ether oxygens (including phenoxy) is 1. The third kappa shape index (κ3) is 5.98. The number of rotatable bonds is 5. The molecule has 1 aromatic carbocycles. The highest BCUT2D eigenvalue weighted by molar-refractivity contribution is 5.89. The van der Waals surface area contributed by atoms with Gasteiger partial charge in [-0.15, -0.1) is 0 Å². The maximum atomic E-state index is 13.0. The van der Waals surface area contributed by atoms with E-state index in [1.165, 1.54) is 0 Å². The average Bonchev–Trinajstić information content (AvgIpc) is 2.42. The van der Waals surface area contributed by atoms with Crippen molar-refractivity contribution in [2.24, 2.45) is 0 Å². The zero-order valence-corrected chi connectivity index (χ0v) is 10.2. The minimum absolute atomic E-state index is 0.00564. The molecule has 0 atom stereocenters. The molecule has 0 unspecified atom stereocenters. The summed E-state index contributed by atoms with van der Waals surface area (Å²) in [5.74, 6) is -0.135. The summed E-state index contributed by atoms with van der Waals surface area (Å²) in [6.07, 6.45) is -0.506. The highest BCUT2D eigenvalue weighted by Gasteiger charge is 2.25. The van der Waals surface area contributed by atoms with E-state index in [-0.39, 0.29) is 13.0 Å². The molecule has 0 heterocycles. The zero-order chi connectivity index (χ0) is 14.1. The molecule has 19 heavy (non-hydrogen) atoms. The maximum Gasteiger partial charge on any atom is 0.338 e. The fourth-order valence-electron chi connectivity index (χ4n) is 1.35. The van der Waals surface area contributed by atoms with Crippen LogP contribution in [0.15, 0.2) is 30.3 Å². The first-order valence-electron chi connectivity index (χ1n) is 5.76. The Labute approximate surface area is 110 Å². The van der Waals surface area contributed by atoms with Crippen LogP contribution in [0.3, 0.4) is 0 Å². The predicted molar refractivity (Wildman–Crippen MR) is 65.8 cm³/mol. The van der Waals surface area contributed by atoms with E-state index >= 15 is 0 Å². The van der Waals surface area contributed by atoms with Crippen molar-refractivity contribution >= 4 is 5.97 Å². The van der Waals surface area contributed by atoms with E-state index < -0.39 is 24.9 Å². The van der Waals surface area contributed by atoms with Gasteiger partial charge in [-0.05, 0) is 24.5 Å². The first-order chi connectivity index (χ1) is 9.05. The Morgan fingerprint density at radius 1 is 1.32 bits per heavy atom. The van der Waals surface area contributed by atoms with Gasteiger partial charge in [0, 0.05) is 6.42 Å². The van der Waals surface area contributed by atoms with Crippen LogP contribution in [-0.4, -0.2) is 30.2 Å². The van der Waals surface area contributed by atoms with Gasteiger partial charge in [0.2, 0.25) is 0 Å². The van der Waals surface area contributed by atoms with Gasteiger partial charge in [0.15, 0.2) is 0 Å². The van der Waals surface area contributed by atoms with Gasteiger partial charge in [0.1, 0.15) is 6.61 Å². The average molecular weight is 268 g/mol. The number of hydrogen-bond donors (Lipinski definition) is 1. The predicted octanol–water partition coefficient (Wildman–Crippen LogP) is 2.25. The molecule has 0 radical (unpaired) electrons. The Hall–Kier alpha value is -1.93. The molecule has 0 saturated carbocycles. The highest BCUT2D eigenvalue weighted by Crippen LogP contribution is 2.19. The maximum absolute atomic E-state index is 13.0. The monoisotopic (exact) mass is 268 g/mol. The van der Waals surface area contributed by atoms with E-state index in [0.29, 0.717) is 5.56 Å². The molecule has 0 bridgehead atoms. The van der Waals surface area contributed by atoms with Crippen molar-refractivity contribution in [1.82, 2.24) is 0 Å². The third-order valence-corrected chi connectivity index (χ3v) is 2.23. The van der Waals surface area contributed by atoms with Gasteiger partial charge < -0.3 is 9.84 Å². The van der Waals surface area contributed by atoms with Crippen molar-refractivity contribution in [3.05, 3.63) is 35.9 Å². The minimum atomic E-state index is -3.16. The van der Waals surface area contributed by atoms with Gasteiger partial charge in [0.05, 0.1) is 12.2 Å². The molecule has 0 aromatic heterocycles. The van der Waals surface area contributed by atoms with Crippen LogP contribution in [0.25, 0.3) is 0 Å². The van der Waals surface area contributed by atoms with Crippen LogP contribution in [0.4, 0.5) is 8.78 Å². The van der Waals surface area contributed by atoms with Crippen LogP contribution in [0.2, 0.25) is 0 Å². The summed E-state index contributed by atoms with van der Waals surface area (Å²) < 4.78 is 30.9. The molecule has 3 nitrogen and oxygen atoms in total. The summed E-state index contributed by atoms with van der Waals surface area (Å²) in [7, 11) is 0. The second-order valence-electron chi connectivity index (χ2n) is 3.77. The van der Waals surface area contributed by atoms with Crippen LogP contribution in [-0.2, 0) is 4.74 Å². The topological polar surface area (TPSA) is 46.5 Å². The molecule has 1 N–H and O–H groups in total. The van der Waals surface area contributed by atoms with Crippen LogP contribution in [0.5, 0.6) is 0 Å². The fraction of sp³-hybridized carbons (Fsp3) is 0.357. The summed E-state index contributed by atoms with van der Waals surface area (Å²) in [6, 6.07) is 8.31. The number of halogens is 2. The van der Waals surface area contributed by atoms with Gasteiger partial charge >= 0.3 is 11.9 Å². The lowest BCUT2D eigenvalue weighted by Gasteiger charge is -2.09. The van der Waals surface area contributed by atoms with Crippen LogP contribution in [0.1, 0.15) is 23.2 Å². The summed E-state index contributed by atoms with van der Waals surface area (Å²) in [4.78, 5) is 11.5. The van der Waals surface area contributed by atoms with Crippen molar-refractivity contribution in [2.75, 3.05) is 13.2 Å². The van der Waals surface area contributed by atoms with E-state index in [1.54, 1.807) is 36.3 Å². The molecule has 0 fully saturated rings. The normalized spacial score (nSPS) is 10.5. The second-order valence-corrected chi connectivity index (χ2v) is 3.77. The summed E-state index contributed by atoms with van der Waals surface area (Å²) in [5, 5.41) is 8.32. The Balaban J connectivity index is 2.30. The molecule has 1 rings (SSSR count). The molecule has 5 heteroatoms. The molecular formula is C14H14F2O3. The largest absolute Gasteiger partial charge is 0.462 e. The van der Waals surface area contributed by atoms with Gasteiger partial charge in [-0.2, -0.15) is 8.78 Å². The van der Waals surface area contributed by atoms with Gasteiger partial charge in [-0.25, -0.2) is 4.79 Å². The molecule has 0 aliphatic rings. The van der Waals surface area contributed by atoms with Crippen molar-refractivity contribution < 1.29 is 23.4 Å². The number of esters is 1. The van der Waals surface area contributed by atoms with E-state index in [2.05, 4.69) is 0 Å². The van der Waals surface area contributed by atoms with E-state index in [4.69, 9.17) is 9.84 Å². The lowest BCUT2D eigenvalue weighted by atomic mass is 10.2. The number of aliphatic hydroxyl groups is 1. The number of carbonyl (C=O) groups is 1. The van der Waals surface area contributed by atoms with Crippen molar-refractivity contribution in [1.29, 1.82) is 0 Å². The lowest BCUT2D eigenvalue weighted by molar-refractivity contribution is 0.0326. The number of alkyl halides is 2. The number of benzene rings is 1. The highest BCUT2D eigenvalue weighted by atomic mass is 19.3. The first kappa shape index (κ1) is 15.1. The number of hydrogen-bond acceptors (Lipinski definition) is 3. The Morgan fingerprint density at radius 3 is 2.63 bits per heavy atom. The summed E-state index contributed by atoms with van der Waals surface area (Å²) in [5.41, 5.74) is 0.384. The summed E-state index contributed by atoms with van der Waals surface area (Å²) in [6.45, 7) is -0.692. The van der Waals surface area contributed by atoms with E-state index in [1.807, 2.05) is 5.92 Å². The number of aliphatic hydroxyl groups excluding tert-OH is 1. The Kier molecular flexibility index (Phi) is 5.97. The number of carbonyl (C=O) groups excluding carboxylic acids is 1. The third-order valence-electron chi connectivity index (χ3n) is 2.23. The quantitative estimate of drug-likeness (QED) is 0.506. The molecular weight excluding hydrogens is 254 g/mol. The smallest absolute Gasteiger partial charge is 0.338 e. The molecule has 0 spiro atoms. The lowest BCUT2D eigenvalue weighted by Crippen LogP contribution is -2.15. The van der Waals surface area contributed by atoms with Crippen molar-refractivity contribution in [3.8, 4) is 11.8 Å². The molecule has 0 aliphatic heterocycles. The van der Waals surface area contributed by atoms with Gasteiger partial charge in [0.25, 0.3) is 0 Å². The van der Waals surface area contributed by atoms with Crippen LogP contribution < -0.4 is 0 Å². The van der Waals surface area contributed by atoms with Crippen molar-refractivity contribution in [2.45, 2.75) is 18.8 Å². The van der Waals surface area contributed by atoms with Gasteiger partial charge in [-0.3, -0.25) is 0 Å². The van der Waals surface area contributed by atoms with E-state index in [0.717, 1.165) is 0 Å². The molecule has 0 amide bonds. The zero-order valence-electron chi connectivity index (χ0n) is 10.2. The first-order valence-corrected chi connectivity index (χ1v) is 5.76. The molecule has 102 valence electrons. The van der Waals surface area contributed by atoms with Crippen LogP contribution in [0, 0.1) is 11.8 Å². The molecule has 0 aliphatic carbocycles.